The van der Waals surface area contributed by atoms with Crippen molar-refractivity contribution in [1.29, 1.82) is 5.26 Å². The fourth-order valence-corrected chi connectivity index (χ4v) is 4.14. The maximum atomic E-state index is 13.6. The molecule has 1 aliphatic carbocycles. The summed E-state index contributed by atoms with van der Waals surface area (Å²) in [5, 5.41) is 24.7. The quantitative estimate of drug-likeness (QED) is 0.570. The molecule has 1 amide bonds. The SMILES string of the molecule is COc1cc(CNC(=O)c2cc(-c3nnn(C[C@H]4CC[C@H](C#N)CC4)n3)cc(C)n2)ccc1F. The molecule has 0 saturated heterocycles. The van der Waals surface area contributed by atoms with E-state index >= 15 is 0 Å². The number of amides is 1. The first-order valence-electron chi connectivity index (χ1n) is 11.2. The smallest absolute Gasteiger partial charge is 0.270 e. The van der Waals surface area contributed by atoms with Crippen molar-refractivity contribution in [3.63, 3.8) is 0 Å². The molecule has 34 heavy (non-hydrogen) atoms. The Morgan fingerprint density at radius 1 is 1.26 bits per heavy atom. The first kappa shape index (κ1) is 23.3. The molecule has 0 radical (unpaired) electrons. The van der Waals surface area contributed by atoms with Crippen LogP contribution in [0.5, 0.6) is 5.75 Å². The minimum atomic E-state index is -0.460. The molecule has 2 aromatic heterocycles. The van der Waals surface area contributed by atoms with Crippen molar-refractivity contribution in [2.75, 3.05) is 7.11 Å². The normalized spacial score (nSPS) is 17.7. The Balaban J connectivity index is 1.42. The fraction of sp³-hybridized carbons (Fsp3) is 0.417. The maximum absolute atomic E-state index is 13.6. The van der Waals surface area contributed by atoms with E-state index in [0.29, 0.717) is 35.1 Å². The summed E-state index contributed by atoms with van der Waals surface area (Å²) in [6, 6.07) is 10.2. The number of tetrazole rings is 1. The van der Waals surface area contributed by atoms with Crippen LogP contribution in [0.3, 0.4) is 0 Å². The third kappa shape index (κ3) is 5.54. The van der Waals surface area contributed by atoms with Gasteiger partial charge in [-0.2, -0.15) is 10.1 Å². The first-order chi connectivity index (χ1) is 16.4. The summed E-state index contributed by atoms with van der Waals surface area (Å²) in [4.78, 5) is 18.6. The van der Waals surface area contributed by atoms with E-state index in [0.717, 1.165) is 25.7 Å². The number of halogens is 1. The molecule has 176 valence electrons. The zero-order valence-corrected chi connectivity index (χ0v) is 19.2. The van der Waals surface area contributed by atoms with Gasteiger partial charge in [0.15, 0.2) is 11.6 Å². The van der Waals surface area contributed by atoms with Gasteiger partial charge >= 0.3 is 0 Å². The Kier molecular flexibility index (Phi) is 7.11. The second-order valence-corrected chi connectivity index (χ2v) is 8.55. The van der Waals surface area contributed by atoms with Gasteiger partial charge in [0.05, 0.1) is 19.7 Å². The summed E-state index contributed by atoms with van der Waals surface area (Å²) in [7, 11) is 1.39. The molecule has 2 heterocycles. The summed E-state index contributed by atoms with van der Waals surface area (Å²) in [6.07, 6.45) is 3.78. The largest absolute Gasteiger partial charge is 0.494 e. The highest BCUT2D eigenvalue weighted by Gasteiger charge is 2.22. The van der Waals surface area contributed by atoms with Crippen LogP contribution < -0.4 is 10.1 Å². The predicted octanol–water partition coefficient (Wildman–Crippen LogP) is 3.45. The van der Waals surface area contributed by atoms with Gasteiger partial charge in [0.2, 0.25) is 5.82 Å². The third-order valence-electron chi connectivity index (χ3n) is 6.02. The summed E-state index contributed by atoms with van der Waals surface area (Å²) in [5.41, 5.74) is 2.24. The molecule has 10 heteroatoms. The number of rotatable bonds is 7. The molecule has 1 saturated carbocycles. The number of aryl methyl sites for hydroxylation is 1. The summed E-state index contributed by atoms with van der Waals surface area (Å²) in [6.45, 7) is 2.65. The molecular formula is C24H26FN7O2. The van der Waals surface area contributed by atoms with Gasteiger partial charge in [-0.1, -0.05) is 6.07 Å². The Morgan fingerprint density at radius 2 is 2.06 bits per heavy atom. The van der Waals surface area contributed by atoms with Crippen LogP contribution in [0.2, 0.25) is 0 Å². The summed E-state index contributed by atoms with van der Waals surface area (Å²) < 4.78 is 18.6. The number of methoxy groups -OCH3 is 1. The van der Waals surface area contributed by atoms with E-state index in [1.165, 1.54) is 13.2 Å². The van der Waals surface area contributed by atoms with E-state index < -0.39 is 5.82 Å². The van der Waals surface area contributed by atoms with Crippen LogP contribution in [0.1, 0.15) is 47.4 Å². The second kappa shape index (κ2) is 10.4. The van der Waals surface area contributed by atoms with Crippen molar-refractivity contribution < 1.29 is 13.9 Å². The number of nitrogens with one attached hydrogen (secondary N) is 1. The monoisotopic (exact) mass is 463 g/mol. The fourth-order valence-electron chi connectivity index (χ4n) is 4.14. The number of benzene rings is 1. The lowest BCUT2D eigenvalue weighted by Gasteiger charge is -2.23. The summed E-state index contributed by atoms with van der Waals surface area (Å²) in [5.74, 6) is 0.304. The van der Waals surface area contributed by atoms with Gasteiger partial charge in [-0.05, 0) is 73.6 Å². The minimum Gasteiger partial charge on any atom is -0.494 e. The Hall–Kier alpha value is -3.87. The van der Waals surface area contributed by atoms with Crippen molar-refractivity contribution in [2.24, 2.45) is 11.8 Å². The van der Waals surface area contributed by atoms with Crippen molar-refractivity contribution in [3.05, 3.63) is 53.1 Å². The van der Waals surface area contributed by atoms with Crippen molar-refractivity contribution in [3.8, 4) is 23.2 Å². The number of aromatic nitrogens is 5. The van der Waals surface area contributed by atoms with E-state index in [-0.39, 0.29) is 29.8 Å². The van der Waals surface area contributed by atoms with Gasteiger partial charge in [0.25, 0.3) is 5.91 Å². The number of carbonyl (C=O) groups is 1. The van der Waals surface area contributed by atoms with E-state index in [2.05, 4.69) is 31.8 Å². The number of carbonyl (C=O) groups excluding carboxylic acids is 1. The Labute approximate surface area is 197 Å². The van der Waals surface area contributed by atoms with Gasteiger partial charge < -0.3 is 10.1 Å². The molecule has 1 fully saturated rings. The van der Waals surface area contributed by atoms with Gasteiger partial charge in [0, 0.05) is 23.7 Å². The van der Waals surface area contributed by atoms with Crippen LogP contribution in [-0.4, -0.2) is 38.2 Å². The zero-order chi connectivity index (χ0) is 24.1. The van der Waals surface area contributed by atoms with Crippen LogP contribution in [0.4, 0.5) is 4.39 Å². The molecule has 0 atom stereocenters. The van der Waals surface area contributed by atoms with E-state index in [9.17, 15) is 9.18 Å². The highest BCUT2D eigenvalue weighted by Crippen LogP contribution is 2.29. The first-order valence-corrected chi connectivity index (χ1v) is 11.2. The van der Waals surface area contributed by atoms with Gasteiger partial charge in [-0.25, -0.2) is 9.37 Å². The minimum absolute atomic E-state index is 0.120. The lowest BCUT2D eigenvalue weighted by Crippen LogP contribution is -2.24. The second-order valence-electron chi connectivity index (χ2n) is 8.55. The predicted molar refractivity (Wildman–Crippen MR) is 121 cm³/mol. The van der Waals surface area contributed by atoms with Crippen LogP contribution in [0.25, 0.3) is 11.4 Å². The molecule has 0 bridgehead atoms. The van der Waals surface area contributed by atoms with E-state index in [4.69, 9.17) is 10.00 Å². The zero-order valence-electron chi connectivity index (χ0n) is 19.2. The lowest BCUT2D eigenvalue weighted by molar-refractivity contribution is 0.0945. The Bertz CT molecular complexity index is 1210. The molecule has 1 aliphatic rings. The molecule has 0 unspecified atom stereocenters. The number of hydrogen-bond donors (Lipinski definition) is 1. The average Bonchev–Trinajstić information content (AvgIpc) is 3.32. The molecule has 0 aliphatic heterocycles. The van der Waals surface area contributed by atoms with Crippen molar-refractivity contribution in [2.45, 2.75) is 45.7 Å². The summed E-state index contributed by atoms with van der Waals surface area (Å²) >= 11 is 0. The van der Waals surface area contributed by atoms with Crippen molar-refractivity contribution >= 4 is 5.91 Å². The number of ether oxygens (including phenoxy) is 1. The van der Waals surface area contributed by atoms with E-state index in [1.54, 1.807) is 36.0 Å². The average molecular weight is 464 g/mol. The molecule has 9 nitrogen and oxygen atoms in total. The van der Waals surface area contributed by atoms with Crippen LogP contribution in [0.15, 0.2) is 30.3 Å². The third-order valence-corrected chi connectivity index (χ3v) is 6.02. The highest BCUT2D eigenvalue weighted by molar-refractivity contribution is 5.93. The molecule has 1 aromatic carbocycles. The van der Waals surface area contributed by atoms with Gasteiger partial charge in [0.1, 0.15) is 5.69 Å². The molecule has 0 spiro atoms. The van der Waals surface area contributed by atoms with Gasteiger partial charge in [-0.15, -0.1) is 10.2 Å². The highest BCUT2D eigenvalue weighted by atomic mass is 19.1. The van der Waals surface area contributed by atoms with Crippen LogP contribution in [-0.2, 0) is 13.1 Å². The van der Waals surface area contributed by atoms with Crippen molar-refractivity contribution in [1.82, 2.24) is 30.5 Å². The van der Waals surface area contributed by atoms with Gasteiger partial charge in [-0.3, -0.25) is 4.79 Å². The molecule has 3 aromatic rings. The number of nitriles is 1. The molecule has 4 rings (SSSR count). The molecular weight excluding hydrogens is 437 g/mol. The number of nitrogens with zero attached hydrogens (tertiary/aromatic N) is 6. The lowest BCUT2D eigenvalue weighted by atomic mass is 9.83. The van der Waals surface area contributed by atoms with Crippen LogP contribution >= 0.6 is 0 Å². The topological polar surface area (TPSA) is 119 Å². The van der Waals surface area contributed by atoms with E-state index in [1.807, 2.05) is 0 Å². The Morgan fingerprint density at radius 3 is 2.79 bits per heavy atom. The maximum Gasteiger partial charge on any atom is 0.270 e. The number of hydrogen-bond acceptors (Lipinski definition) is 7. The standard InChI is InChI=1S/C24H26FN7O2/c1-15-9-19(23-29-31-32(30-23)14-17-5-3-16(12-26)4-6-17)11-21(28-15)24(33)27-13-18-7-8-20(25)22(10-18)34-2/h7-11,16-17H,3-6,13-14H2,1-2H3,(H,27,33)/t16-,17-. The van der Waals surface area contributed by atoms with Crippen LogP contribution in [0, 0.1) is 35.9 Å². The number of pyridine rings is 1. The molecule has 1 N–H and O–H groups in total.